The number of benzene rings is 1. The topological polar surface area (TPSA) is 15.6 Å². The first-order chi connectivity index (χ1) is 7.84. The summed E-state index contributed by atoms with van der Waals surface area (Å²) in [6.45, 7) is 0.886. The van der Waals surface area contributed by atoms with Crippen molar-refractivity contribution in [2.24, 2.45) is 4.99 Å². The van der Waals surface area contributed by atoms with E-state index in [-0.39, 0.29) is 0 Å². The van der Waals surface area contributed by atoms with Gasteiger partial charge in [-0.2, -0.15) is 0 Å². The molecule has 0 saturated carbocycles. The lowest BCUT2D eigenvalue weighted by atomic mass is 10.1. The van der Waals surface area contributed by atoms with Crippen molar-refractivity contribution in [3.8, 4) is 0 Å². The Kier molecular flexibility index (Phi) is 2.26. The van der Waals surface area contributed by atoms with Crippen molar-refractivity contribution in [2.75, 3.05) is 18.5 Å². The second kappa shape index (κ2) is 3.76. The number of para-hydroxylation sites is 2. The van der Waals surface area contributed by atoms with Gasteiger partial charge in [0.05, 0.1) is 28.5 Å². The molecule has 3 rings (SSSR count). The molecule has 0 fully saturated rings. The zero-order valence-corrected chi connectivity index (χ0v) is 9.87. The fourth-order valence-corrected chi connectivity index (χ4v) is 2.65. The van der Waals surface area contributed by atoms with Gasteiger partial charge in [0.1, 0.15) is 0 Å². The fourth-order valence-electron chi connectivity index (χ4n) is 1.95. The van der Waals surface area contributed by atoms with Crippen LogP contribution >= 0.6 is 11.3 Å². The molecule has 1 aliphatic heterocycles. The molecule has 0 bridgehead atoms. The number of fused-ring (bicyclic) bond motifs is 1. The average molecular weight is 228 g/mol. The molecule has 16 heavy (non-hydrogen) atoms. The molecule has 1 aliphatic rings. The van der Waals surface area contributed by atoms with Gasteiger partial charge in [0.2, 0.25) is 0 Å². The third-order valence-corrected chi connectivity index (χ3v) is 3.66. The summed E-state index contributed by atoms with van der Waals surface area (Å²) in [6, 6.07) is 12.5. The highest BCUT2D eigenvalue weighted by molar-refractivity contribution is 7.12. The van der Waals surface area contributed by atoms with Crippen molar-refractivity contribution >= 4 is 28.4 Å². The lowest BCUT2D eigenvalue weighted by Crippen LogP contribution is -2.28. The maximum absolute atomic E-state index is 4.72. The summed E-state index contributed by atoms with van der Waals surface area (Å²) >= 11 is 1.75. The number of nitrogens with zero attached hydrogens (tertiary/aromatic N) is 2. The highest BCUT2D eigenvalue weighted by Gasteiger charge is 2.17. The van der Waals surface area contributed by atoms with Crippen molar-refractivity contribution < 1.29 is 0 Å². The minimum atomic E-state index is 0.886. The number of hydrogen-bond acceptors (Lipinski definition) is 3. The number of anilines is 1. The highest BCUT2D eigenvalue weighted by atomic mass is 32.1. The molecule has 0 saturated heterocycles. The van der Waals surface area contributed by atoms with Gasteiger partial charge in [-0.1, -0.05) is 18.2 Å². The first-order valence-electron chi connectivity index (χ1n) is 5.26. The van der Waals surface area contributed by atoms with E-state index in [1.54, 1.807) is 11.3 Å². The van der Waals surface area contributed by atoms with Crippen molar-refractivity contribution in [3.63, 3.8) is 0 Å². The number of hydrogen-bond donors (Lipinski definition) is 0. The Bertz CT molecular complexity index is 529. The third-order valence-electron chi connectivity index (χ3n) is 2.74. The molecule has 3 heteroatoms. The molecule has 0 radical (unpaired) electrons. The van der Waals surface area contributed by atoms with Crippen LogP contribution in [0.1, 0.15) is 4.88 Å². The van der Waals surface area contributed by atoms with E-state index >= 15 is 0 Å². The van der Waals surface area contributed by atoms with E-state index in [0.29, 0.717) is 0 Å². The number of likely N-dealkylation sites (N-methyl/N-ethyl adjacent to an activating group) is 1. The summed E-state index contributed by atoms with van der Waals surface area (Å²) < 4.78 is 0. The molecule has 2 heterocycles. The number of rotatable bonds is 1. The maximum atomic E-state index is 4.72. The summed E-state index contributed by atoms with van der Waals surface area (Å²) in [7, 11) is 2.11. The predicted molar refractivity (Wildman–Crippen MR) is 70.2 cm³/mol. The Balaban J connectivity index is 2.10. The second-order valence-electron chi connectivity index (χ2n) is 3.88. The van der Waals surface area contributed by atoms with Crippen LogP contribution < -0.4 is 4.90 Å². The first kappa shape index (κ1) is 9.60. The highest BCUT2D eigenvalue weighted by Crippen LogP contribution is 2.32. The molecule has 0 N–H and O–H groups in total. The molecule has 1 aromatic heterocycles. The number of thiophene rings is 1. The van der Waals surface area contributed by atoms with Gasteiger partial charge in [-0.15, -0.1) is 11.3 Å². The van der Waals surface area contributed by atoms with Gasteiger partial charge in [0.25, 0.3) is 0 Å². The van der Waals surface area contributed by atoms with E-state index in [9.17, 15) is 0 Å². The van der Waals surface area contributed by atoms with Crippen LogP contribution in [0.25, 0.3) is 0 Å². The molecular formula is C13H12N2S. The van der Waals surface area contributed by atoms with Gasteiger partial charge < -0.3 is 4.90 Å². The molecule has 2 aromatic rings. The van der Waals surface area contributed by atoms with E-state index in [4.69, 9.17) is 4.99 Å². The number of aliphatic imine (C=N–C) groups is 1. The van der Waals surface area contributed by atoms with Gasteiger partial charge in [0.15, 0.2) is 0 Å². The standard InChI is InChI=1S/C13H12N2S/c1-15-9-11(13-7-4-8-16-13)14-10-5-2-3-6-12(10)15/h2-8H,9H2,1H3. The monoisotopic (exact) mass is 228 g/mol. The lowest BCUT2D eigenvalue weighted by Gasteiger charge is -2.26. The lowest BCUT2D eigenvalue weighted by molar-refractivity contribution is 1.04. The quantitative estimate of drug-likeness (QED) is 0.731. The van der Waals surface area contributed by atoms with Crippen LogP contribution in [-0.2, 0) is 0 Å². The molecular weight excluding hydrogens is 216 g/mol. The van der Waals surface area contributed by atoms with Crippen LogP contribution in [0.15, 0.2) is 46.8 Å². The summed E-state index contributed by atoms with van der Waals surface area (Å²) in [5.74, 6) is 0. The van der Waals surface area contributed by atoms with Gasteiger partial charge in [0, 0.05) is 7.05 Å². The van der Waals surface area contributed by atoms with E-state index < -0.39 is 0 Å². The van der Waals surface area contributed by atoms with Crippen LogP contribution in [0.5, 0.6) is 0 Å². The van der Waals surface area contributed by atoms with E-state index in [1.165, 1.54) is 10.6 Å². The molecule has 0 amide bonds. The molecule has 0 aliphatic carbocycles. The maximum Gasteiger partial charge on any atom is 0.0867 e. The van der Waals surface area contributed by atoms with Crippen LogP contribution in [0, 0.1) is 0 Å². The summed E-state index contributed by atoms with van der Waals surface area (Å²) in [4.78, 5) is 8.24. The van der Waals surface area contributed by atoms with Crippen molar-refractivity contribution in [3.05, 3.63) is 46.7 Å². The summed E-state index contributed by atoms with van der Waals surface area (Å²) in [5, 5.41) is 2.10. The van der Waals surface area contributed by atoms with E-state index in [2.05, 4.69) is 47.7 Å². The normalized spacial score (nSPS) is 14.6. The molecule has 80 valence electrons. The predicted octanol–water partition coefficient (Wildman–Crippen LogP) is 3.32. The first-order valence-corrected chi connectivity index (χ1v) is 6.14. The van der Waals surface area contributed by atoms with Crippen molar-refractivity contribution in [1.82, 2.24) is 0 Å². The van der Waals surface area contributed by atoms with Crippen molar-refractivity contribution in [1.29, 1.82) is 0 Å². The Morgan fingerprint density at radius 1 is 1.19 bits per heavy atom. The molecule has 2 nitrogen and oxygen atoms in total. The molecule has 0 atom stereocenters. The minimum Gasteiger partial charge on any atom is -0.367 e. The molecule has 0 spiro atoms. The zero-order chi connectivity index (χ0) is 11.0. The van der Waals surface area contributed by atoms with E-state index in [1.807, 2.05) is 6.07 Å². The Morgan fingerprint density at radius 3 is 2.88 bits per heavy atom. The van der Waals surface area contributed by atoms with Gasteiger partial charge in [-0.25, -0.2) is 4.99 Å². The third kappa shape index (κ3) is 1.53. The molecule has 0 unspecified atom stereocenters. The molecule has 1 aromatic carbocycles. The smallest absolute Gasteiger partial charge is 0.0867 e. The minimum absolute atomic E-state index is 0.886. The fraction of sp³-hybridized carbons (Fsp3) is 0.154. The zero-order valence-electron chi connectivity index (χ0n) is 9.05. The van der Waals surface area contributed by atoms with Crippen LogP contribution in [0.4, 0.5) is 11.4 Å². The van der Waals surface area contributed by atoms with Gasteiger partial charge in [-0.05, 0) is 23.6 Å². The van der Waals surface area contributed by atoms with Crippen LogP contribution in [0.3, 0.4) is 0 Å². The van der Waals surface area contributed by atoms with Gasteiger partial charge >= 0.3 is 0 Å². The summed E-state index contributed by atoms with van der Waals surface area (Å²) in [5.41, 5.74) is 3.44. The average Bonchev–Trinajstić information content (AvgIpc) is 2.82. The second-order valence-corrected chi connectivity index (χ2v) is 4.83. The Labute approximate surface area is 98.9 Å². The van der Waals surface area contributed by atoms with Crippen LogP contribution in [-0.4, -0.2) is 19.3 Å². The van der Waals surface area contributed by atoms with Gasteiger partial charge in [-0.3, -0.25) is 0 Å². The van der Waals surface area contributed by atoms with Crippen molar-refractivity contribution in [2.45, 2.75) is 0 Å². The Hall–Kier alpha value is -1.61. The van der Waals surface area contributed by atoms with Crippen LogP contribution in [0.2, 0.25) is 0 Å². The SMILES string of the molecule is CN1CC(c2cccs2)=Nc2ccccc21. The largest absolute Gasteiger partial charge is 0.367 e. The summed E-state index contributed by atoms with van der Waals surface area (Å²) in [6.07, 6.45) is 0. The Morgan fingerprint density at radius 2 is 2.06 bits per heavy atom. The van der Waals surface area contributed by atoms with E-state index in [0.717, 1.165) is 17.9 Å².